The third-order valence-corrected chi connectivity index (χ3v) is 5.93. The van der Waals surface area contributed by atoms with E-state index in [-0.39, 0.29) is 35.6 Å². The van der Waals surface area contributed by atoms with Crippen molar-refractivity contribution in [3.63, 3.8) is 0 Å². The maximum absolute atomic E-state index is 6.00. The van der Waals surface area contributed by atoms with Crippen molar-refractivity contribution in [1.29, 1.82) is 0 Å². The Bertz CT molecular complexity index is 661. The monoisotopic (exact) mass is 518 g/mol. The van der Waals surface area contributed by atoms with E-state index in [1.54, 1.807) is 0 Å². The van der Waals surface area contributed by atoms with E-state index in [0.29, 0.717) is 6.61 Å². The van der Waals surface area contributed by atoms with E-state index < -0.39 is 0 Å². The fourth-order valence-corrected chi connectivity index (χ4v) is 4.18. The average Bonchev–Trinajstić information content (AvgIpc) is 3.12. The molecule has 2 fully saturated rings. The molecule has 2 saturated heterocycles. The maximum atomic E-state index is 6.00. The lowest BCUT2D eigenvalue weighted by atomic mass is 9.94. The summed E-state index contributed by atoms with van der Waals surface area (Å²) in [7, 11) is 1.94. The summed E-state index contributed by atoms with van der Waals surface area (Å²) in [5.41, 5.74) is 1.20. The molecule has 2 unspecified atom stereocenters. The van der Waals surface area contributed by atoms with Crippen LogP contribution in [-0.2, 0) is 11.8 Å². The standard InChI is InChI=1S/C21H38N6O.HI/c1-6-22-20(23-16-21(3,4)27-9-7-8-17(2)13-27)26-10-11-28-19(15-26)18-12-24-25(5)14-18;/h12,14,17,19H,6-11,13,15-16H2,1-5H3,(H,22,23);1H. The van der Waals surface area contributed by atoms with Gasteiger partial charge in [-0.25, -0.2) is 0 Å². The van der Waals surface area contributed by atoms with Gasteiger partial charge in [0.2, 0.25) is 0 Å². The summed E-state index contributed by atoms with van der Waals surface area (Å²) in [4.78, 5) is 10.0. The Hall–Kier alpha value is -0.870. The van der Waals surface area contributed by atoms with Gasteiger partial charge in [0, 0.05) is 44.0 Å². The van der Waals surface area contributed by atoms with Crippen LogP contribution in [0.25, 0.3) is 0 Å². The number of morpholine rings is 1. The topological polar surface area (TPSA) is 57.9 Å². The highest BCUT2D eigenvalue weighted by Gasteiger charge is 2.31. The van der Waals surface area contributed by atoms with Crippen molar-refractivity contribution in [1.82, 2.24) is 24.9 Å². The first-order valence-corrected chi connectivity index (χ1v) is 10.8. The van der Waals surface area contributed by atoms with Crippen LogP contribution in [0.1, 0.15) is 52.2 Å². The summed E-state index contributed by atoms with van der Waals surface area (Å²) < 4.78 is 7.83. The summed E-state index contributed by atoms with van der Waals surface area (Å²) in [5.74, 6) is 1.78. The minimum Gasteiger partial charge on any atom is -0.370 e. The molecule has 3 heterocycles. The van der Waals surface area contributed by atoms with Crippen molar-refractivity contribution in [3.05, 3.63) is 18.0 Å². The van der Waals surface area contributed by atoms with Crippen LogP contribution in [0.15, 0.2) is 17.4 Å². The largest absolute Gasteiger partial charge is 0.370 e. The molecule has 2 atom stereocenters. The van der Waals surface area contributed by atoms with Crippen LogP contribution in [0.3, 0.4) is 0 Å². The highest BCUT2D eigenvalue weighted by atomic mass is 127. The Kier molecular flexibility index (Phi) is 9.21. The predicted octanol–water partition coefficient (Wildman–Crippen LogP) is 2.89. The van der Waals surface area contributed by atoms with E-state index in [1.165, 1.54) is 25.9 Å². The molecule has 2 aliphatic heterocycles. The highest BCUT2D eigenvalue weighted by molar-refractivity contribution is 14.0. The Balaban J connectivity index is 0.00000300. The van der Waals surface area contributed by atoms with Crippen LogP contribution < -0.4 is 5.32 Å². The number of likely N-dealkylation sites (tertiary alicyclic amines) is 1. The van der Waals surface area contributed by atoms with Gasteiger partial charge in [0.1, 0.15) is 6.10 Å². The quantitative estimate of drug-likeness (QED) is 0.369. The number of guanidine groups is 1. The SMILES string of the molecule is CCNC(=NCC(C)(C)N1CCCC(C)C1)N1CCOC(c2cnn(C)c2)C1.I. The second kappa shape index (κ2) is 10.9. The summed E-state index contributed by atoms with van der Waals surface area (Å²) in [6, 6.07) is 0. The number of rotatable bonds is 5. The van der Waals surface area contributed by atoms with Crippen molar-refractivity contribution < 1.29 is 4.74 Å². The van der Waals surface area contributed by atoms with Crippen molar-refractivity contribution in [2.24, 2.45) is 18.0 Å². The van der Waals surface area contributed by atoms with E-state index in [0.717, 1.165) is 43.6 Å². The predicted molar refractivity (Wildman–Crippen MR) is 129 cm³/mol. The molecular formula is C21H39IN6O. The smallest absolute Gasteiger partial charge is 0.194 e. The van der Waals surface area contributed by atoms with Gasteiger partial charge in [-0.3, -0.25) is 14.6 Å². The molecule has 3 rings (SSSR count). The van der Waals surface area contributed by atoms with Gasteiger partial charge in [0.15, 0.2) is 5.96 Å². The third-order valence-electron chi connectivity index (χ3n) is 5.93. The van der Waals surface area contributed by atoms with E-state index in [1.807, 2.05) is 24.1 Å². The first-order chi connectivity index (χ1) is 13.4. The number of hydrogen-bond donors (Lipinski definition) is 1. The summed E-state index contributed by atoms with van der Waals surface area (Å²) >= 11 is 0. The van der Waals surface area contributed by atoms with Gasteiger partial charge >= 0.3 is 0 Å². The number of aliphatic imine (C=N–C) groups is 1. The van der Waals surface area contributed by atoms with Gasteiger partial charge in [0.25, 0.3) is 0 Å². The minimum atomic E-state index is 0. The third kappa shape index (κ3) is 6.55. The zero-order chi connectivity index (χ0) is 20.1. The van der Waals surface area contributed by atoms with Crippen molar-refractivity contribution >= 4 is 29.9 Å². The maximum Gasteiger partial charge on any atom is 0.194 e. The molecular weight excluding hydrogens is 479 g/mol. The summed E-state index contributed by atoms with van der Waals surface area (Å²) in [6.45, 7) is 15.6. The molecule has 0 saturated carbocycles. The molecule has 166 valence electrons. The Morgan fingerprint density at radius 3 is 2.79 bits per heavy atom. The average molecular weight is 518 g/mol. The van der Waals surface area contributed by atoms with Crippen molar-refractivity contribution in [2.75, 3.05) is 45.9 Å². The zero-order valence-electron chi connectivity index (χ0n) is 18.7. The van der Waals surface area contributed by atoms with Crippen molar-refractivity contribution in [3.8, 4) is 0 Å². The van der Waals surface area contributed by atoms with Gasteiger partial charge in [0.05, 0.1) is 25.9 Å². The van der Waals surface area contributed by atoms with Gasteiger partial charge in [-0.1, -0.05) is 6.92 Å². The molecule has 0 amide bonds. The number of aromatic nitrogens is 2. The highest BCUT2D eigenvalue weighted by Crippen LogP contribution is 2.25. The molecule has 8 heteroatoms. The van der Waals surface area contributed by atoms with Crippen LogP contribution in [-0.4, -0.2) is 77.0 Å². The normalized spacial score (nSPS) is 24.3. The molecule has 7 nitrogen and oxygen atoms in total. The Morgan fingerprint density at radius 1 is 1.34 bits per heavy atom. The van der Waals surface area contributed by atoms with E-state index in [2.05, 4.69) is 47.9 Å². The lowest BCUT2D eigenvalue weighted by Crippen LogP contribution is -2.52. The van der Waals surface area contributed by atoms with E-state index in [9.17, 15) is 0 Å². The molecule has 0 aliphatic carbocycles. The Labute approximate surface area is 193 Å². The number of piperidine rings is 1. The van der Waals surface area contributed by atoms with Crippen LogP contribution in [0, 0.1) is 5.92 Å². The van der Waals surface area contributed by atoms with Gasteiger partial charge in [-0.15, -0.1) is 24.0 Å². The molecule has 1 N–H and O–H groups in total. The molecule has 2 aliphatic rings. The summed E-state index contributed by atoms with van der Waals surface area (Å²) in [5, 5.41) is 7.79. The number of nitrogens with one attached hydrogen (secondary N) is 1. The first kappa shape index (κ1) is 24.4. The molecule has 0 spiro atoms. The van der Waals surface area contributed by atoms with Crippen LogP contribution >= 0.6 is 24.0 Å². The number of nitrogens with zero attached hydrogens (tertiary/aromatic N) is 5. The molecule has 29 heavy (non-hydrogen) atoms. The van der Waals surface area contributed by atoms with Gasteiger partial charge in [-0.2, -0.15) is 5.10 Å². The molecule has 1 aromatic rings. The molecule has 1 aromatic heterocycles. The van der Waals surface area contributed by atoms with Crippen molar-refractivity contribution in [2.45, 2.75) is 52.2 Å². The lowest BCUT2D eigenvalue weighted by molar-refractivity contribution is -0.00819. The minimum absolute atomic E-state index is 0. The van der Waals surface area contributed by atoms with E-state index in [4.69, 9.17) is 9.73 Å². The number of ether oxygens (including phenoxy) is 1. The lowest BCUT2D eigenvalue weighted by Gasteiger charge is -2.42. The van der Waals surface area contributed by atoms with E-state index >= 15 is 0 Å². The van der Waals surface area contributed by atoms with Crippen LogP contribution in [0.4, 0.5) is 0 Å². The Morgan fingerprint density at radius 2 is 2.14 bits per heavy atom. The van der Waals surface area contributed by atoms with Crippen LogP contribution in [0.5, 0.6) is 0 Å². The zero-order valence-corrected chi connectivity index (χ0v) is 21.1. The van der Waals surface area contributed by atoms with Gasteiger partial charge in [-0.05, 0) is 46.1 Å². The number of aryl methyl sites for hydroxylation is 1. The number of halogens is 1. The second-order valence-electron chi connectivity index (χ2n) is 8.93. The molecule has 0 bridgehead atoms. The first-order valence-electron chi connectivity index (χ1n) is 10.8. The molecule has 0 aromatic carbocycles. The fourth-order valence-electron chi connectivity index (χ4n) is 4.18. The fraction of sp³-hybridized carbons (Fsp3) is 0.810. The second-order valence-corrected chi connectivity index (χ2v) is 8.93. The number of hydrogen-bond acceptors (Lipinski definition) is 4. The van der Waals surface area contributed by atoms with Crippen LogP contribution in [0.2, 0.25) is 0 Å². The molecule has 0 radical (unpaired) electrons. The van der Waals surface area contributed by atoms with Gasteiger partial charge < -0.3 is 15.0 Å². The summed E-state index contributed by atoms with van der Waals surface area (Å²) in [6.07, 6.45) is 6.63.